The molecule has 1 heterocycles. The molecule has 1 saturated heterocycles. The van der Waals surface area contributed by atoms with Gasteiger partial charge in [0.1, 0.15) is 4.90 Å². The van der Waals surface area contributed by atoms with E-state index in [-0.39, 0.29) is 21.4 Å². The van der Waals surface area contributed by atoms with Gasteiger partial charge in [0.2, 0.25) is 10.0 Å². The van der Waals surface area contributed by atoms with Crippen molar-refractivity contribution in [3.8, 4) is 0 Å². The lowest BCUT2D eigenvalue weighted by atomic mass is 9.97. The van der Waals surface area contributed by atoms with Crippen LogP contribution in [0.15, 0.2) is 47.4 Å². The largest absolute Gasteiger partial charge is 0.322 e. The van der Waals surface area contributed by atoms with E-state index in [2.05, 4.69) is 19.2 Å². The summed E-state index contributed by atoms with van der Waals surface area (Å²) in [6.45, 7) is 5.17. The molecule has 0 bridgehead atoms. The van der Waals surface area contributed by atoms with Crippen LogP contribution in [-0.2, 0) is 10.0 Å². The Morgan fingerprint density at radius 1 is 1.18 bits per heavy atom. The van der Waals surface area contributed by atoms with E-state index in [1.807, 2.05) is 24.3 Å². The highest BCUT2D eigenvalue weighted by Crippen LogP contribution is 2.30. The van der Waals surface area contributed by atoms with Crippen LogP contribution in [0.25, 0.3) is 0 Å². The van der Waals surface area contributed by atoms with Crippen molar-refractivity contribution in [1.82, 2.24) is 4.31 Å². The summed E-state index contributed by atoms with van der Waals surface area (Å²) < 4.78 is 27.2. The summed E-state index contributed by atoms with van der Waals surface area (Å²) >= 11 is 6.17. The maximum Gasteiger partial charge on any atom is 0.255 e. The van der Waals surface area contributed by atoms with Gasteiger partial charge in [0.05, 0.1) is 5.02 Å². The Hall–Kier alpha value is -1.89. The van der Waals surface area contributed by atoms with Crippen molar-refractivity contribution in [1.29, 1.82) is 0 Å². The molecule has 5 nitrogen and oxygen atoms in total. The third-order valence-electron chi connectivity index (χ3n) is 5.23. The highest BCUT2D eigenvalue weighted by atomic mass is 35.5. The predicted octanol–water partition coefficient (Wildman–Crippen LogP) is 4.89. The topological polar surface area (TPSA) is 66.5 Å². The lowest BCUT2D eigenvalue weighted by Gasteiger charge is -2.18. The molecule has 2 aromatic rings. The number of anilines is 1. The molecule has 3 rings (SSSR count). The first kappa shape index (κ1) is 20.8. The average Bonchev–Trinajstić information content (AvgIpc) is 3.23. The van der Waals surface area contributed by atoms with Gasteiger partial charge in [-0.05, 0) is 55.0 Å². The number of amides is 1. The molecule has 0 radical (unpaired) electrons. The Morgan fingerprint density at radius 2 is 1.86 bits per heavy atom. The van der Waals surface area contributed by atoms with Crippen molar-refractivity contribution in [2.45, 2.75) is 43.9 Å². The molecule has 1 N–H and O–H groups in total. The number of para-hydroxylation sites is 1. The van der Waals surface area contributed by atoms with E-state index in [9.17, 15) is 13.2 Å². The summed E-state index contributed by atoms with van der Waals surface area (Å²) in [4.78, 5) is 12.8. The minimum absolute atomic E-state index is 0.0149. The maximum absolute atomic E-state index is 12.9. The highest BCUT2D eigenvalue weighted by molar-refractivity contribution is 7.89. The predicted molar refractivity (Wildman–Crippen MR) is 113 cm³/mol. The quantitative estimate of drug-likeness (QED) is 0.723. The second kappa shape index (κ2) is 8.64. The first-order valence-corrected chi connectivity index (χ1v) is 11.4. The van der Waals surface area contributed by atoms with Crippen LogP contribution in [0.2, 0.25) is 5.02 Å². The molecule has 0 spiro atoms. The van der Waals surface area contributed by atoms with Gasteiger partial charge < -0.3 is 5.32 Å². The molecule has 1 aliphatic heterocycles. The molecule has 1 atom stereocenters. The fourth-order valence-corrected chi connectivity index (χ4v) is 5.38. The number of nitrogens with zero attached hydrogens (tertiary/aromatic N) is 1. The normalized spacial score (nSPS) is 16.1. The number of nitrogens with one attached hydrogen (secondary N) is 1. The second-order valence-corrected chi connectivity index (χ2v) is 9.42. The molecule has 1 fully saturated rings. The summed E-state index contributed by atoms with van der Waals surface area (Å²) in [7, 11) is -3.70. The molecular weight excluding hydrogens is 396 g/mol. The van der Waals surface area contributed by atoms with Crippen molar-refractivity contribution in [2.75, 3.05) is 18.4 Å². The van der Waals surface area contributed by atoms with Gasteiger partial charge in [-0.25, -0.2) is 8.42 Å². The zero-order valence-corrected chi connectivity index (χ0v) is 17.7. The zero-order chi connectivity index (χ0) is 20.3. The van der Waals surface area contributed by atoms with Gasteiger partial charge in [0.15, 0.2) is 0 Å². The van der Waals surface area contributed by atoms with Gasteiger partial charge >= 0.3 is 0 Å². The third kappa shape index (κ3) is 4.24. The van der Waals surface area contributed by atoms with Gasteiger partial charge in [0.25, 0.3) is 5.91 Å². The van der Waals surface area contributed by atoms with Gasteiger partial charge in [0, 0.05) is 24.3 Å². The van der Waals surface area contributed by atoms with Crippen molar-refractivity contribution in [3.05, 3.63) is 58.6 Å². The van der Waals surface area contributed by atoms with E-state index in [1.54, 1.807) is 6.07 Å². The minimum atomic E-state index is -3.70. The summed E-state index contributed by atoms with van der Waals surface area (Å²) in [5.74, 6) is -0.0573. The Kier molecular flexibility index (Phi) is 6.43. The van der Waals surface area contributed by atoms with E-state index >= 15 is 0 Å². The Labute approximate surface area is 171 Å². The van der Waals surface area contributed by atoms with E-state index in [4.69, 9.17) is 11.6 Å². The number of carbonyl (C=O) groups excluding carboxylic acids is 1. The minimum Gasteiger partial charge on any atom is -0.322 e. The fraction of sp³-hybridized carbons (Fsp3) is 0.381. The molecule has 1 aliphatic rings. The molecule has 150 valence electrons. The zero-order valence-electron chi connectivity index (χ0n) is 16.1. The molecule has 0 saturated carbocycles. The number of carbonyl (C=O) groups is 1. The first-order chi connectivity index (χ1) is 13.3. The van der Waals surface area contributed by atoms with Crippen molar-refractivity contribution < 1.29 is 13.2 Å². The van der Waals surface area contributed by atoms with Gasteiger partial charge in [-0.2, -0.15) is 4.31 Å². The van der Waals surface area contributed by atoms with Crippen LogP contribution >= 0.6 is 11.6 Å². The Morgan fingerprint density at radius 3 is 2.54 bits per heavy atom. The van der Waals surface area contributed by atoms with Crippen LogP contribution < -0.4 is 5.32 Å². The number of hydrogen-bond donors (Lipinski definition) is 1. The van der Waals surface area contributed by atoms with Crippen LogP contribution in [0.5, 0.6) is 0 Å². The van der Waals surface area contributed by atoms with Gasteiger partial charge in [-0.1, -0.05) is 43.6 Å². The number of benzene rings is 2. The molecule has 1 amide bonds. The molecule has 2 aromatic carbocycles. The van der Waals surface area contributed by atoms with E-state index in [0.717, 1.165) is 30.5 Å². The van der Waals surface area contributed by atoms with Crippen LogP contribution in [0.1, 0.15) is 54.9 Å². The van der Waals surface area contributed by atoms with Crippen molar-refractivity contribution >= 4 is 33.2 Å². The summed E-state index contributed by atoms with van der Waals surface area (Å²) in [5.41, 5.74) is 2.05. The average molecular weight is 421 g/mol. The number of rotatable bonds is 6. The van der Waals surface area contributed by atoms with Crippen LogP contribution in [0.4, 0.5) is 5.69 Å². The highest BCUT2D eigenvalue weighted by Gasteiger charge is 2.29. The summed E-state index contributed by atoms with van der Waals surface area (Å²) in [6, 6.07) is 12.1. The SMILES string of the molecule is CC[C@H](C)c1ccccc1NC(=O)c1ccc(Cl)c(S(=O)(=O)N2CCCC2)c1. The van der Waals surface area contributed by atoms with Gasteiger partial charge in [-0.3, -0.25) is 4.79 Å². The van der Waals surface area contributed by atoms with Crippen LogP contribution in [0.3, 0.4) is 0 Å². The molecule has 0 aromatic heterocycles. The molecule has 7 heteroatoms. The second-order valence-electron chi connectivity index (χ2n) is 7.11. The maximum atomic E-state index is 12.9. The number of sulfonamides is 1. The van der Waals surface area contributed by atoms with Crippen LogP contribution in [0, 0.1) is 0 Å². The fourth-order valence-electron chi connectivity index (χ4n) is 3.36. The lowest BCUT2D eigenvalue weighted by Crippen LogP contribution is -2.28. The monoisotopic (exact) mass is 420 g/mol. The Balaban J connectivity index is 1.90. The van der Waals surface area contributed by atoms with Gasteiger partial charge in [-0.15, -0.1) is 0 Å². The third-order valence-corrected chi connectivity index (χ3v) is 7.61. The Bertz CT molecular complexity index is 969. The summed E-state index contributed by atoms with van der Waals surface area (Å²) in [5, 5.41) is 3.05. The molecular formula is C21H25ClN2O3S. The van der Waals surface area contributed by atoms with E-state index in [1.165, 1.54) is 16.4 Å². The van der Waals surface area contributed by atoms with E-state index in [0.29, 0.717) is 19.0 Å². The number of hydrogen-bond acceptors (Lipinski definition) is 3. The first-order valence-electron chi connectivity index (χ1n) is 9.54. The molecule has 28 heavy (non-hydrogen) atoms. The van der Waals surface area contributed by atoms with Crippen molar-refractivity contribution in [2.24, 2.45) is 0 Å². The number of halogens is 1. The van der Waals surface area contributed by atoms with E-state index < -0.39 is 10.0 Å². The lowest BCUT2D eigenvalue weighted by molar-refractivity contribution is 0.102. The standard InChI is InChI=1S/C21H25ClN2O3S/c1-3-15(2)17-8-4-5-9-19(17)23-21(25)16-10-11-18(22)20(14-16)28(26,27)24-12-6-7-13-24/h4-5,8-11,14-15H,3,6-7,12-13H2,1-2H3,(H,23,25)/t15-/m0/s1. The molecule has 0 aliphatic carbocycles. The van der Waals surface area contributed by atoms with Crippen molar-refractivity contribution in [3.63, 3.8) is 0 Å². The molecule has 0 unspecified atom stereocenters. The van der Waals surface area contributed by atoms with Crippen LogP contribution in [-0.4, -0.2) is 31.7 Å². The summed E-state index contributed by atoms with van der Waals surface area (Å²) in [6.07, 6.45) is 2.62. The smallest absolute Gasteiger partial charge is 0.255 e.